The average molecular weight is 990 g/mol. The van der Waals surface area contributed by atoms with E-state index in [1.807, 2.05) is 0 Å². The Hall–Kier alpha value is -3.41. The number of carbonyl (C=O) groups is 3. The summed E-state index contributed by atoms with van der Waals surface area (Å²) in [5.74, 6) is -0.980. The molecule has 0 N–H and O–H groups in total. The summed E-state index contributed by atoms with van der Waals surface area (Å²) in [5, 5.41) is 0. The van der Waals surface area contributed by atoms with Crippen LogP contribution in [0.4, 0.5) is 0 Å². The third-order valence-corrected chi connectivity index (χ3v) is 12.9. The fourth-order valence-corrected chi connectivity index (χ4v) is 8.33. The Labute approximate surface area is 439 Å². The van der Waals surface area contributed by atoms with E-state index in [0.29, 0.717) is 12.8 Å². The molecular weight excluding hydrogens is 877 g/mol. The van der Waals surface area contributed by atoms with Crippen LogP contribution in [0.25, 0.3) is 0 Å². The fourth-order valence-electron chi connectivity index (χ4n) is 8.33. The SMILES string of the molecule is CCCCC/C=C\C/C=C\C/C=C\C/C=C\CCCCCC(=O)O[C@H](COC(=O)CCC/C=C\C/C=C\C/C=C\CCCCCCCC)COC(=O)CCCCCCCCCCCCCCCCCCC. The molecule has 6 heteroatoms. The maximum Gasteiger partial charge on any atom is 0.306 e. The molecule has 0 radical (unpaired) electrons. The Morgan fingerprint density at radius 2 is 0.521 bits per heavy atom. The van der Waals surface area contributed by atoms with Crippen molar-refractivity contribution < 1.29 is 28.6 Å². The molecule has 0 fully saturated rings. The first-order valence-corrected chi connectivity index (χ1v) is 30.1. The summed E-state index contributed by atoms with van der Waals surface area (Å²) in [6, 6.07) is 0. The Balaban J connectivity index is 4.50. The van der Waals surface area contributed by atoms with E-state index >= 15 is 0 Å². The fraction of sp³-hybridized carbons (Fsp3) is 0.738. The number of hydrogen-bond donors (Lipinski definition) is 0. The number of hydrogen-bond acceptors (Lipinski definition) is 6. The highest BCUT2D eigenvalue weighted by Gasteiger charge is 2.19. The van der Waals surface area contributed by atoms with Gasteiger partial charge in [0.25, 0.3) is 0 Å². The lowest BCUT2D eigenvalue weighted by molar-refractivity contribution is -0.167. The molecule has 0 aliphatic heterocycles. The summed E-state index contributed by atoms with van der Waals surface area (Å²) in [4.78, 5) is 38.2. The molecule has 0 aromatic heterocycles. The van der Waals surface area contributed by atoms with Gasteiger partial charge >= 0.3 is 17.9 Å². The van der Waals surface area contributed by atoms with Crippen molar-refractivity contribution in [3.63, 3.8) is 0 Å². The molecule has 0 aliphatic carbocycles. The molecule has 408 valence electrons. The van der Waals surface area contributed by atoms with E-state index in [1.165, 1.54) is 161 Å². The molecule has 6 nitrogen and oxygen atoms in total. The monoisotopic (exact) mass is 989 g/mol. The minimum Gasteiger partial charge on any atom is -0.462 e. The van der Waals surface area contributed by atoms with E-state index in [4.69, 9.17) is 14.2 Å². The molecule has 71 heavy (non-hydrogen) atoms. The summed E-state index contributed by atoms with van der Waals surface area (Å²) < 4.78 is 16.8. The zero-order valence-corrected chi connectivity index (χ0v) is 46.7. The van der Waals surface area contributed by atoms with E-state index in [9.17, 15) is 14.4 Å². The van der Waals surface area contributed by atoms with Gasteiger partial charge in [-0.1, -0.05) is 260 Å². The van der Waals surface area contributed by atoms with E-state index < -0.39 is 6.10 Å². The van der Waals surface area contributed by atoms with Crippen LogP contribution in [0, 0.1) is 0 Å². The van der Waals surface area contributed by atoms with Gasteiger partial charge in [-0.2, -0.15) is 0 Å². The van der Waals surface area contributed by atoms with Crippen LogP contribution in [-0.2, 0) is 28.6 Å². The third-order valence-electron chi connectivity index (χ3n) is 12.9. The third kappa shape index (κ3) is 57.4. The predicted molar refractivity (Wildman–Crippen MR) is 307 cm³/mol. The zero-order chi connectivity index (χ0) is 51.4. The second-order valence-electron chi connectivity index (χ2n) is 19.9. The van der Waals surface area contributed by atoms with Gasteiger partial charge in [-0.05, 0) is 96.3 Å². The molecule has 0 rings (SSSR count). The van der Waals surface area contributed by atoms with Gasteiger partial charge < -0.3 is 14.2 Å². The second kappa shape index (κ2) is 59.2. The number of rotatable bonds is 54. The van der Waals surface area contributed by atoms with Gasteiger partial charge in [0.2, 0.25) is 0 Å². The maximum absolute atomic E-state index is 12.9. The molecule has 0 aromatic rings. The lowest BCUT2D eigenvalue weighted by Crippen LogP contribution is -2.30. The number of allylic oxidation sites excluding steroid dienone is 14. The predicted octanol–water partition coefficient (Wildman–Crippen LogP) is 20.3. The molecule has 0 bridgehead atoms. The Bertz CT molecular complexity index is 1370. The van der Waals surface area contributed by atoms with Crippen LogP contribution in [0.1, 0.15) is 290 Å². The van der Waals surface area contributed by atoms with Gasteiger partial charge in [-0.3, -0.25) is 14.4 Å². The second-order valence-corrected chi connectivity index (χ2v) is 19.9. The number of esters is 3. The van der Waals surface area contributed by atoms with Crippen LogP contribution >= 0.6 is 0 Å². The molecule has 0 spiro atoms. The van der Waals surface area contributed by atoms with E-state index in [1.54, 1.807) is 0 Å². The van der Waals surface area contributed by atoms with E-state index in [2.05, 4.69) is 106 Å². The van der Waals surface area contributed by atoms with E-state index in [-0.39, 0.29) is 44.0 Å². The van der Waals surface area contributed by atoms with E-state index in [0.717, 1.165) is 83.5 Å². The highest BCUT2D eigenvalue weighted by atomic mass is 16.6. The minimum absolute atomic E-state index is 0.103. The standard InChI is InChI=1S/C65H112O6/c1-4-7-10-13-16-19-22-25-28-31-32-35-38-41-44-47-50-53-56-59-65(68)71-62(60-69-63(66)57-54-51-48-45-42-39-36-33-29-26-23-20-17-14-11-8-5-2)61-70-64(67)58-55-52-49-46-43-40-37-34-30-27-24-21-18-15-12-9-6-3/h16,19,25-26,28-29,32,35-36,39,41,44-45,48,62H,4-15,17-18,20-24,27,30-31,33-34,37-38,40,42-43,46-47,49-61H2,1-3H3/b19-16-,28-25-,29-26-,35-32-,39-36-,44-41-,48-45-/t62-/m1/s1. The van der Waals surface area contributed by atoms with Crippen molar-refractivity contribution >= 4 is 17.9 Å². The van der Waals surface area contributed by atoms with Gasteiger partial charge in [-0.25, -0.2) is 0 Å². The molecule has 0 aromatic carbocycles. The van der Waals surface area contributed by atoms with Gasteiger partial charge in [0.05, 0.1) is 0 Å². The summed E-state index contributed by atoms with van der Waals surface area (Å²) in [6.07, 6.45) is 77.2. The lowest BCUT2D eigenvalue weighted by atomic mass is 10.0. The molecule has 0 saturated carbocycles. The molecular formula is C65H112O6. The Morgan fingerprint density at radius 3 is 0.887 bits per heavy atom. The topological polar surface area (TPSA) is 78.9 Å². The molecule has 0 aliphatic rings. The van der Waals surface area contributed by atoms with Crippen LogP contribution in [0.5, 0.6) is 0 Å². The normalized spacial score (nSPS) is 12.7. The largest absolute Gasteiger partial charge is 0.462 e. The van der Waals surface area contributed by atoms with Crippen LogP contribution in [-0.4, -0.2) is 37.2 Å². The quantitative estimate of drug-likeness (QED) is 0.0261. The van der Waals surface area contributed by atoms with Crippen molar-refractivity contribution in [1.82, 2.24) is 0 Å². The van der Waals surface area contributed by atoms with Crippen LogP contribution in [0.15, 0.2) is 85.1 Å². The van der Waals surface area contributed by atoms with Crippen molar-refractivity contribution in [3.8, 4) is 0 Å². The number of carbonyl (C=O) groups excluding carboxylic acids is 3. The van der Waals surface area contributed by atoms with Gasteiger partial charge in [-0.15, -0.1) is 0 Å². The molecule has 1 atom stereocenters. The zero-order valence-electron chi connectivity index (χ0n) is 46.7. The molecule has 0 saturated heterocycles. The molecule has 0 heterocycles. The highest BCUT2D eigenvalue weighted by Crippen LogP contribution is 2.16. The lowest BCUT2D eigenvalue weighted by Gasteiger charge is -2.18. The first-order valence-electron chi connectivity index (χ1n) is 30.1. The van der Waals surface area contributed by atoms with Crippen LogP contribution < -0.4 is 0 Å². The van der Waals surface area contributed by atoms with Crippen molar-refractivity contribution in [2.45, 2.75) is 297 Å². The average Bonchev–Trinajstić information content (AvgIpc) is 3.37. The van der Waals surface area contributed by atoms with Gasteiger partial charge in [0.1, 0.15) is 13.2 Å². The highest BCUT2D eigenvalue weighted by molar-refractivity contribution is 5.71. The molecule has 0 unspecified atom stereocenters. The first kappa shape index (κ1) is 67.6. The van der Waals surface area contributed by atoms with Crippen LogP contribution in [0.2, 0.25) is 0 Å². The summed E-state index contributed by atoms with van der Waals surface area (Å²) in [7, 11) is 0. The van der Waals surface area contributed by atoms with Gasteiger partial charge in [0.15, 0.2) is 6.10 Å². The van der Waals surface area contributed by atoms with Gasteiger partial charge in [0, 0.05) is 19.3 Å². The summed E-state index contributed by atoms with van der Waals surface area (Å²) >= 11 is 0. The maximum atomic E-state index is 12.9. The van der Waals surface area contributed by atoms with Crippen molar-refractivity contribution in [2.24, 2.45) is 0 Å². The number of ether oxygens (including phenoxy) is 3. The van der Waals surface area contributed by atoms with Crippen molar-refractivity contribution in [1.29, 1.82) is 0 Å². The summed E-state index contributed by atoms with van der Waals surface area (Å²) in [5.41, 5.74) is 0. The summed E-state index contributed by atoms with van der Waals surface area (Å²) in [6.45, 7) is 6.56. The van der Waals surface area contributed by atoms with Crippen LogP contribution in [0.3, 0.4) is 0 Å². The Kier molecular flexibility index (Phi) is 56.3. The van der Waals surface area contributed by atoms with Crippen molar-refractivity contribution in [2.75, 3.05) is 13.2 Å². The molecule has 0 amide bonds. The number of unbranched alkanes of at least 4 members (excludes halogenated alkanes) is 29. The minimum atomic E-state index is -0.813. The first-order chi connectivity index (χ1) is 35.0. The Morgan fingerprint density at radius 1 is 0.282 bits per heavy atom. The van der Waals surface area contributed by atoms with Crippen molar-refractivity contribution in [3.05, 3.63) is 85.1 Å². The smallest absolute Gasteiger partial charge is 0.306 e.